The van der Waals surface area contributed by atoms with E-state index in [2.05, 4.69) is 156 Å². The first-order valence-corrected chi connectivity index (χ1v) is 13.0. The molecule has 2 nitrogen and oxygen atoms in total. The molecule has 1 heterocycles. The Morgan fingerprint density at radius 1 is 0.368 bits per heavy atom. The summed E-state index contributed by atoms with van der Waals surface area (Å²) in [5.74, 6) is 0. The van der Waals surface area contributed by atoms with E-state index >= 15 is 0 Å². The van der Waals surface area contributed by atoms with Crippen molar-refractivity contribution in [2.75, 3.05) is 10.2 Å². The van der Waals surface area contributed by atoms with Crippen LogP contribution in [-0.4, -0.2) is 0 Å². The van der Waals surface area contributed by atoms with Crippen LogP contribution in [0.15, 0.2) is 152 Å². The molecule has 0 unspecified atom stereocenters. The number of benzene rings is 6. The van der Waals surface area contributed by atoms with Crippen LogP contribution < -0.4 is 10.2 Å². The molecule has 1 aliphatic rings. The van der Waals surface area contributed by atoms with E-state index < -0.39 is 0 Å². The normalized spacial score (nSPS) is 11.6. The highest BCUT2D eigenvalue weighted by molar-refractivity contribution is 6.03. The van der Waals surface area contributed by atoms with E-state index in [0.717, 1.165) is 17.1 Å². The van der Waals surface area contributed by atoms with E-state index in [1.165, 1.54) is 44.8 Å². The predicted octanol–water partition coefficient (Wildman–Crippen LogP) is 10.2. The molecule has 0 aliphatic carbocycles. The van der Waals surface area contributed by atoms with Gasteiger partial charge >= 0.3 is 0 Å². The minimum atomic E-state index is 1.06. The first-order valence-electron chi connectivity index (χ1n) is 13.0. The van der Waals surface area contributed by atoms with E-state index in [4.69, 9.17) is 0 Å². The molecule has 6 aromatic rings. The summed E-state index contributed by atoms with van der Waals surface area (Å²) in [5, 5.41) is 3.64. The van der Waals surface area contributed by atoms with Crippen LogP contribution in [0.5, 0.6) is 0 Å². The first kappa shape index (κ1) is 22.1. The lowest BCUT2D eigenvalue weighted by molar-refractivity contribution is 1.29. The van der Waals surface area contributed by atoms with Crippen LogP contribution in [0.2, 0.25) is 0 Å². The van der Waals surface area contributed by atoms with Gasteiger partial charge < -0.3 is 10.2 Å². The SMILES string of the molecule is c1ccc(-c2ccc(Nc3ccc4c(c3)-c3ccccc3-c3ccccc3N4c3ccccc3)cc2)cc1. The highest BCUT2D eigenvalue weighted by Gasteiger charge is 2.25. The zero-order chi connectivity index (χ0) is 25.3. The number of hydrogen-bond donors (Lipinski definition) is 1. The molecule has 0 radical (unpaired) electrons. The van der Waals surface area contributed by atoms with Gasteiger partial charge in [-0.2, -0.15) is 0 Å². The van der Waals surface area contributed by atoms with Gasteiger partial charge in [-0.15, -0.1) is 0 Å². The third-order valence-electron chi connectivity index (χ3n) is 7.18. The van der Waals surface area contributed by atoms with E-state index in [1.807, 2.05) is 6.07 Å². The van der Waals surface area contributed by atoms with Crippen LogP contribution in [0.25, 0.3) is 33.4 Å². The van der Waals surface area contributed by atoms with Crippen LogP contribution in [0.1, 0.15) is 0 Å². The van der Waals surface area contributed by atoms with Crippen molar-refractivity contribution in [2.24, 2.45) is 0 Å². The van der Waals surface area contributed by atoms with Crippen LogP contribution in [-0.2, 0) is 0 Å². The average Bonchev–Trinajstić information content (AvgIpc) is 3.11. The maximum atomic E-state index is 3.64. The molecule has 0 atom stereocenters. The number of nitrogens with one attached hydrogen (secondary N) is 1. The fraction of sp³-hybridized carbons (Fsp3) is 0. The zero-order valence-corrected chi connectivity index (χ0v) is 20.9. The molecule has 0 bridgehead atoms. The molecule has 2 heteroatoms. The molecule has 0 saturated heterocycles. The Balaban J connectivity index is 1.34. The van der Waals surface area contributed by atoms with Crippen molar-refractivity contribution in [3.8, 4) is 33.4 Å². The summed E-state index contributed by atoms with van der Waals surface area (Å²) in [4.78, 5) is 2.38. The number of nitrogens with zero attached hydrogens (tertiary/aromatic N) is 1. The van der Waals surface area contributed by atoms with Crippen molar-refractivity contribution in [3.05, 3.63) is 152 Å². The Bertz CT molecular complexity index is 1720. The fourth-order valence-corrected chi connectivity index (χ4v) is 5.40. The number of anilines is 5. The molecular weight excluding hydrogens is 460 g/mol. The Hall–Kier alpha value is -5.08. The Kier molecular flexibility index (Phi) is 5.49. The van der Waals surface area contributed by atoms with E-state index in [1.54, 1.807) is 0 Å². The second-order valence-corrected chi connectivity index (χ2v) is 9.53. The molecule has 0 amide bonds. The van der Waals surface area contributed by atoms with Gasteiger partial charge in [0, 0.05) is 28.2 Å². The minimum Gasteiger partial charge on any atom is -0.356 e. The second-order valence-electron chi connectivity index (χ2n) is 9.53. The highest BCUT2D eigenvalue weighted by Crippen LogP contribution is 2.51. The Labute approximate surface area is 223 Å². The quantitative estimate of drug-likeness (QED) is 0.266. The summed E-state index contributed by atoms with van der Waals surface area (Å²) in [5.41, 5.74) is 13.0. The summed E-state index contributed by atoms with van der Waals surface area (Å²) in [6.45, 7) is 0. The fourth-order valence-electron chi connectivity index (χ4n) is 5.40. The van der Waals surface area contributed by atoms with E-state index in [9.17, 15) is 0 Å². The molecule has 38 heavy (non-hydrogen) atoms. The third-order valence-corrected chi connectivity index (χ3v) is 7.18. The monoisotopic (exact) mass is 486 g/mol. The minimum absolute atomic E-state index is 1.06. The largest absolute Gasteiger partial charge is 0.356 e. The van der Waals surface area contributed by atoms with Gasteiger partial charge in [-0.05, 0) is 70.8 Å². The van der Waals surface area contributed by atoms with Gasteiger partial charge in [-0.3, -0.25) is 0 Å². The first-order chi connectivity index (χ1) is 18.8. The summed E-state index contributed by atoms with van der Waals surface area (Å²) in [6.07, 6.45) is 0. The summed E-state index contributed by atoms with van der Waals surface area (Å²) in [7, 11) is 0. The molecule has 1 N–H and O–H groups in total. The molecule has 0 aromatic heterocycles. The lowest BCUT2D eigenvalue weighted by Crippen LogP contribution is -2.10. The lowest BCUT2D eigenvalue weighted by atomic mass is 9.94. The molecular formula is C36H26N2. The smallest absolute Gasteiger partial charge is 0.0542 e. The summed E-state index contributed by atoms with van der Waals surface area (Å²) >= 11 is 0. The van der Waals surface area contributed by atoms with Crippen molar-refractivity contribution in [1.82, 2.24) is 0 Å². The summed E-state index contributed by atoms with van der Waals surface area (Å²) < 4.78 is 0. The molecule has 6 aromatic carbocycles. The Morgan fingerprint density at radius 2 is 0.895 bits per heavy atom. The predicted molar refractivity (Wildman–Crippen MR) is 161 cm³/mol. The number of rotatable bonds is 4. The van der Waals surface area contributed by atoms with Crippen molar-refractivity contribution in [2.45, 2.75) is 0 Å². The van der Waals surface area contributed by atoms with Crippen LogP contribution in [0.3, 0.4) is 0 Å². The molecule has 0 spiro atoms. The molecule has 7 rings (SSSR count). The van der Waals surface area contributed by atoms with Crippen molar-refractivity contribution in [3.63, 3.8) is 0 Å². The maximum absolute atomic E-state index is 3.64. The summed E-state index contributed by atoms with van der Waals surface area (Å²) in [6, 6.07) is 53.9. The van der Waals surface area contributed by atoms with Crippen LogP contribution in [0, 0.1) is 0 Å². The van der Waals surface area contributed by atoms with Crippen LogP contribution in [0.4, 0.5) is 28.4 Å². The molecule has 0 saturated carbocycles. The van der Waals surface area contributed by atoms with Gasteiger partial charge in [-0.25, -0.2) is 0 Å². The lowest BCUT2D eigenvalue weighted by Gasteiger charge is -2.27. The molecule has 180 valence electrons. The molecule has 1 aliphatic heterocycles. The van der Waals surface area contributed by atoms with Gasteiger partial charge in [0.25, 0.3) is 0 Å². The van der Waals surface area contributed by atoms with E-state index in [0.29, 0.717) is 0 Å². The third kappa shape index (κ3) is 3.93. The zero-order valence-electron chi connectivity index (χ0n) is 20.9. The average molecular weight is 487 g/mol. The van der Waals surface area contributed by atoms with Gasteiger partial charge in [0.15, 0.2) is 0 Å². The number of para-hydroxylation sites is 2. The van der Waals surface area contributed by atoms with Gasteiger partial charge in [0.05, 0.1) is 11.4 Å². The van der Waals surface area contributed by atoms with Crippen molar-refractivity contribution >= 4 is 28.4 Å². The van der Waals surface area contributed by atoms with Gasteiger partial charge in [0.2, 0.25) is 0 Å². The van der Waals surface area contributed by atoms with Crippen molar-refractivity contribution in [1.29, 1.82) is 0 Å². The second kappa shape index (κ2) is 9.42. The van der Waals surface area contributed by atoms with Crippen molar-refractivity contribution < 1.29 is 0 Å². The van der Waals surface area contributed by atoms with Crippen LogP contribution >= 0.6 is 0 Å². The van der Waals surface area contributed by atoms with Gasteiger partial charge in [-0.1, -0.05) is 103 Å². The Morgan fingerprint density at radius 3 is 1.63 bits per heavy atom. The standard InChI is InChI=1S/C36H26N2/c1-3-11-26(12-4-1)27-19-21-28(22-20-27)37-29-23-24-36-34(25-29)32-16-8-7-15-31(32)33-17-9-10-18-35(33)38(36)30-13-5-2-6-14-30/h1-25,37H. The van der Waals surface area contributed by atoms with E-state index in [-0.39, 0.29) is 0 Å². The molecule has 0 fully saturated rings. The van der Waals surface area contributed by atoms with Gasteiger partial charge in [0.1, 0.15) is 0 Å². The number of fused-ring (bicyclic) bond motifs is 5. The number of hydrogen-bond acceptors (Lipinski definition) is 2. The highest BCUT2D eigenvalue weighted by atomic mass is 15.1. The topological polar surface area (TPSA) is 15.3 Å². The maximum Gasteiger partial charge on any atom is 0.0542 e.